The van der Waals surface area contributed by atoms with Crippen LogP contribution in [0, 0.1) is 59.2 Å². The molecular formula is C74H122N8O14. The molecule has 1 saturated heterocycles. The molecule has 96 heavy (non-hydrogen) atoms. The molecule has 0 aliphatic carbocycles. The van der Waals surface area contributed by atoms with Crippen molar-refractivity contribution in [1.29, 1.82) is 0 Å². The minimum Gasteiger partial charge on any atom is -0.465 e. The third-order valence-electron chi connectivity index (χ3n) is 19.2. The van der Waals surface area contributed by atoms with E-state index in [-0.39, 0.29) is 80.6 Å². The number of carbonyl (C=O) groups is 12. The molecule has 1 aromatic carbocycles. The number of carbonyl (C=O) groups excluding carboxylic acids is 12. The fraction of sp³-hybridized carbons (Fsp3) is 0.730. The molecule has 1 fully saturated rings. The highest BCUT2D eigenvalue weighted by Gasteiger charge is 2.46. The predicted octanol–water partition coefficient (Wildman–Crippen LogP) is 7.94. The zero-order valence-corrected chi connectivity index (χ0v) is 62.9. The molecule has 0 radical (unpaired) electrons. The molecule has 0 saturated carbocycles. The van der Waals surface area contributed by atoms with E-state index in [0.717, 1.165) is 4.90 Å². The van der Waals surface area contributed by atoms with Crippen LogP contribution in [0.15, 0.2) is 36.4 Å². The van der Waals surface area contributed by atoms with E-state index < -0.39 is 167 Å². The largest absolute Gasteiger partial charge is 0.465 e. The lowest BCUT2D eigenvalue weighted by atomic mass is 9.84. The number of esters is 1. The third kappa shape index (κ3) is 23.2. The number of likely N-dealkylation sites (N-methyl/N-ethyl adjacent to an activating group) is 7. The first-order valence-electron chi connectivity index (χ1n) is 34.8. The maximum Gasteiger partial charge on any atom is 0.337 e. The molecule has 0 bridgehead atoms. The van der Waals surface area contributed by atoms with Crippen LogP contribution in [0.4, 0.5) is 0 Å². The smallest absolute Gasteiger partial charge is 0.337 e. The minimum atomic E-state index is -1.56. The number of benzene rings is 1. The summed E-state index contributed by atoms with van der Waals surface area (Å²) in [6, 6.07) is -3.51. The van der Waals surface area contributed by atoms with E-state index in [1.807, 2.05) is 68.4 Å². The topological polar surface area (TPSA) is 269 Å². The number of hydrogen-bond donors (Lipinski definition) is 2. The first-order valence-corrected chi connectivity index (χ1v) is 34.8. The zero-order chi connectivity index (χ0) is 73.8. The minimum absolute atomic E-state index is 0.0651. The van der Waals surface area contributed by atoms with Gasteiger partial charge in [0.05, 0.1) is 30.9 Å². The van der Waals surface area contributed by atoms with Crippen LogP contribution in [0.25, 0.3) is 0 Å². The molecule has 0 aromatic heterocycles. The summed E-state index contributed by atoms with van der Waals surface area (Å²) in [6.45, 7) is 30.4. The Kier molecular flexibility index (Phi) is 34.6. The molecule has 1 unspecified atom stereocenters. The number of nitrogens with one attached hydrogen (secondary N) is 1. The van der Waals surface area contributed by atoms with Crippen LogP contribution in [0.5, 0.6) is 0 Å². The normalized spacial score (nSPS) is 26.1. The van der Waals surface area contributed by atoms with Crippen LogP contribution < -0.4 is 5.32 Å². The number of hydrogen-bond acceptors (Lipinski definition) is 14. The SMILES string of the molecule is C/C=C/C[C@@H](C)[C@@H](O)[C@H]1C(=O)C[C@@H](CC)C(=O)N(C)C(Cc2ccc(C(=O)OC)cc2)C(=O)N(C)[C@@H](CC(C)C)C(=O)C[C@@H](C(C)C)C(=O)N(C)[C@@H](CC(C)C)C(=O)C[C@@H](C)C(=O)N[C@H](C)C(=O)N(C)[C@@H](CC(C)C)C(=O)N(C)[C@@H](CC(C)C)C(=O)N(C)[C@@H](C(C)C)C(=O)N1C. The highest BCUT2D eigenvalue weighted by atomic mass is 16.5. The Morgan fingerprint density at radius 2 is 0.938 bits per heavy atom. The standard InChI is InChI=1S/C74H122N8O14/c1-26-28-29-48(15)65(86)64-62(85)40-52(27-2)68(89)79(21)59(39-51-30-32-53(33-31-51)74(95)96-25)71(92)77(19)56(35-43(5)6)61(84)41-54(46(11)12)69(90)76(18)55(34-42(3)4)60(83)38-49(16)66(87)75-50(17)67(88)78(20)57(36-44(7)8)70(91)80(22)58(37-45(9)10)72(93)81(23)63(47(13)14)73(94)82(64)24/h26,28,30-33,42-50,52,54-59,63-65,86H,27,29,34-41H2,1-25H3,(H,75,87)/b28-26+/t48-,49-,50-,52-,54+,55+,56+,57+,58+,59?,63+,64-,65-/m1/s1. The van der Waals surface area contributed by atoms with Crippen molar-refractivity contribution in [2.45, 2.75) is 236 Å². The molecule has 8 amide bonds. The van der Waals surface area contributed by atoms with E-state index in [1.54, 1.807) is 66.7 Å². The summed E-state index contributed by atoms with van der Waals surface area (Å²) in [7, 11) is 11.4. The Hall–Kier alpha value is -6.84. The monoisotopic (exact) mass is 1350 g/mol. The Bertz CT molecular complexity index is 2850. The van der Waals surface area contributed by atoms with Crippen molar-refractivity contribution >= 4 is 70.6 Å². The van der Waals surface area contributed by atoms with Gasteiger partial charge >= 0.3 is 5.97 Å². The average molecular weight is 1350 g/mol. The number of amides is 8. The van der Waals surface area contributed by atoms with E-state index >= 15 is 33.6 Å². The van der Waals surface area contributed by atoms with Gasteiger partial charge in [0.25, 0.3) is 0 Å². The summed E-state index contributed by atoms with van der Waals surface area (Å²) in [5, 5.41) is 15.1. The fourth-order valence-electron chi connectivity index (χ4n) is 13.0. The van der Waals surface area contributed by atoms with Crippen LogP contribution in [0.3, 0.4) is 0 Å². The lowest BCUT2D eigenvalue weighted by Crippen LogP contribution is -2.61. The molecule has 1 aromatic rings. The van der Waals surface area contributed by atoms with Crippen molar-refractivity contribution in [3.8, 4) is 0 Å². The molecule has 13 atom stereocenters. The Morgan fingerprint density at radius 1 is 0.521 bits per heavy atom. The summed E-state index contributed by atoms with van der Waals surface area (Å²) in [5.41, 5.74) is 0.760. The van der Waals surface area contributed by atoms with Gasteiger partial charge in [0, 0.05) is 92.8 Å². The van der Waals surface area contributed by atoms with Gasteiger partial charge in [-0.1, -0.05) is 128 Å². The second kappa shape index (κ2) is 38.9. The van der Waals surface area contributed by atoms with Crippen molar-refractivity contribution in [2.75, 3.05) is 56.4 Å². The fourth-order valence-corrected chi connectivity index (χ4v) is 13.0. The van der Waals surface area contributed by atoms with Crippen LogP contribution in [0.1, 0.15) is 191 Å². The maximum absolute atomic E-state index is 15.6. The number of nitrogens with zero attached hydrogens (tertiary/aromatic N) is 7. The van der Waals surface area contributed by atoms with Gasteiger partial charge in [0.15, 0.2) is 17.3 Å². The average Bonchev–Trinajstić information content (AvgIpc) is 0.805. The second-order valence-corrected chi connectivity index (χ2v) is 29.6. The van der Waals surface area contributed by atoms with Crippen molar-refractivity contribution < 1.29 is 67.4 Å². The van der Waals surface area contributed by atoms with Crippen molar-refractivity contribution in [2.24, 2.45) is 59.2 Å². The molecule has 542 valence electrons. The number of ketones is 3. The number of methoxy groups -OCH3 is 1. The summed E-state index contributed by atoms with van der Waals surface area (Å²) in [4.78, 5) is 187. The van der Waals surface area contributed by atoms with Gasteiger partial charge in [-0.05, 0) is 111 Å². The quantitative estimate of drug-likeness (QED) is 0.104. The highest BCUT2D eigenvalue weighted by molar-refractivity contribution is 6.00. The number of rotatable bonds is 18. The third-order valence-corrected chi connectivity index (χ3v) is 19.2. The van der Waals surface area contributed by atoms with Crippen LogP contribution in [0.2, 0.25) is 0 Å². The van der Waals surface area contributed by atoms with Gasteiger partial charge in [0.2, 0.25) is 47.3 Å². The number of aliphatic hydroxyl groups is 1. The lowest BCUT2D eigenvalue weighted by molar-refractivity contribution is -0.157. The van der Waals surface area contributed by atoms with Crippen molar-refractivity contribution in [3.63, 3.8) is 0 Å². The first kappa shape index (κ1) is 85.2. The Morgan fingerprint density at radius 3 is 1.39 bits per heavy atom. The highest BCUT2D eigenvalue weighted by Crippen LogP contribution is 2.30. The molecule has 1 heterocycles. The molecule has 2 rings (SSSR count). The van der Waals surface area contributed by atoms with E-state index in [4.69, 9.17) is 4.74 Å². The number of allylic oxidation sites excluding steroid dienone is 2. The molecule has 1 aliphatic rings. The van der Waals surface area contributed by atoms with E-state index in [1.165, 1.54) is 105 Å². The lowest BCUT2D eigenvalue weighted by Gasteiger charge is -2.41. The van der Waals surface area contributed by atoms with Crippen LogP contribution in [-0.4, -0.2) is 221 Å². The molecule has 22 heteroatoms. The summed E-state index contributed by atoms with van der Waals surface area (Å²) in [6.07, 6.45) is 1.91. The molecular weight excluding hydrogens is 1220 g/mol. The Balaban J connectivity index is 3.18. The summed E-state index contributed by atoms with van der Waals surface area (Å²) < 4.78 is 4.93. The zero-order valence-electron chi connectivity index (χ0n) is 62.9. The maximum atomic E-state index is 15.6. The first-order chi connectivity index (χ1) is 44.5. The van der Waals surface area contributed by atoms with Gasteiger partial charge in [-0.3, -0.25) is 52.7 Å². The van der Waals surface area contributed by atoms with Crippen LogP contribution >= 0.6 is 0 Å². The van der Waals surface area contributed by atoms with E-state index in [9.17, 15) is 29.1 Å². The summed E-state index contributed by atoms with van der Waals surface area (Å²) >= 11 is 0. The number of ether oxygens (including phenoxy) is 1. The van der Waals surface area contributed by atoms with Gasteiger partial charge in [0.1, 0.15) is 36.3 Å². The molecule has 2 N–H and O–H groups in total. The molecule has 1 aliphatic heterocycles. The van der Waals surface area contributed by atoms with Crippen molar-refractivity contribution in [1.82, 2.24) is 39.6 Å². The van der Waals surface area contributed by atoms with Gasteiger partial charge < -0.3 is 49.5 Å². The molecule has 22 nitrogen and oxygen atoms in total. The molecule has 0 spiro atoms. The Labute approximate surface area is 574 Å². The van der Waals surface area contributed by atoms with Gasteiger partial charge in [-0.25, -0.2) is 4.79 Å². The number of aliphatic hydroxyl groups excluding tert-OH is 1. The van der Waals surface area contributed by atoms with Gasteiger partial charge in [-0.2, -0.15) is 0 Å². The van der Waals surface area contributed by atoms with E-state index in [2.05, 4.69) is 5.32 Å². The van der Waals surface area contributed by atoms with Gasteiger partial charge in [-0.15, -0.1) is 0 Å². The van der Waals surface area contributed by atoms with E-state index in [0.29, 0.717) is 12.0 Å². The van der Waals surface area contributed by atoms with Crippen LogP contribution in [-0.2, 0) is 63.9 Å². The summed E-state index contributed by atoms with van der Waals surface area (Å²) in [5.74, 6) is -12.4. The second-order valence-electron chi connectivity index (χ2n) is 29.6. The van der Waals surface area contributed by atoms with Crippen molar-refractivity contribution in [3.05, 3.63) is 47.5 Å². The number of Topliss-reactive ketones (excluding diaryl/α,β-unsaturated/α-hetero) is 3. The predicted molar refractivity (Wildman–Crippen MR) is 372 cm³/mol.